The summed E-state index contributed by atoms with van der Waals surface area (Å²) in [5, 5.41) is 0.983. The smallest absolute Gasteiger partial charge is 0.250 e. The number of nitrogens with zero attached hydrogens (tertiary/aromatic N) is 4. The monoisotopic (exact) mass is 630 g/mol. The number of anilines is 3. The third-order valence-electron chi connectivity index (χ3n) is 11.7. The van der Waals surface area contributed by atoms with Crippen LogP contribution in [0.4, 0.5) is 17.1 Å². The van der Waals surface area contributed by atoms with Crippen molar-refractivity contribution in [2.75, 3.05) is 42.6 Å². The Morgan fingerprint density at radius 2 is 1.89 bits per heavy atom. The zero-order valence-electron chi connectivity index (χ0n) is 26.7. The Kier molecular flexibility index (Phi) is 6.83. The topological polar surface area (TPSA) is 100.0 Å². The Bertz CT molecular complexity index is 1850. The number of carbonyl (C=O) groups is 1. The summed E-state index contributed by atoms with van der Waals surface area (Å²) < 4.78 is 12.2. The standard InChI is InChI=1S/C38H42N6O3/c1-2-24-6-3-4-7-28(24)30-8-5-15-43(30)27-20-38(21-27)12-16-42(17-13-38)26-9-10-29(35(39)45)31(19-26)44-32-18-25-11-14-40-36(25)41-37(32)47-34-23-46-22-33(34)44/h2-4,6-7,9-11,14,18-19,27,30,33-34H,1,5,8,12-13,15-17,20-23H2,(H2,39,45)(H,40,41)/t30-,33+,34+/m0/s1. The van der Waals surface area contributed by atoms with Crippen molar-refractivity contribution in [1.82, 2.24) is 14.9 Å². The second kappa shape index (κ2) is 11.1. The van der Waals surface area contributed by atoms with Crippen molar-refractivity contribution in [1.29, 1.82) is 0 Å². The number of aromatic nitrogens is 2. The van der Waals surface area contributed by atoms with Crippen LogP contribution in [0.3, 0.4) is 0 Å². The Morgan fingerprint density at radius 1 is 1.04 bits per heavy atom. The molecule has 9 rings (SSSR count). The number of amides is 1. The molecule has 4 aliphatic heterocycles. The number of H-pyrrole nitrogens is 1. The highest BCUT2D eigenvalue weighted by Gasteiger charge is 2.50. The Labute approximate surface area is 275 Å². The maximum atomic E-state index is 12.8. The number of nitrogens with two attached hydrogens (primary N) is 1. The van der Waals surface area contributed by atoms with Crippen molar-refractivity contribution in [3.8, 4) is 5.88 Å². The molecule has 9 nitrogen and oxygen atoms in total. The van der Waals surface area contributed by atoms with E-state index in [1.807, 2.05) is 24.4 Å². The van der Waals surface area contributed by atoms with Gasteiger partial charge >= 0.3 is 0 Å². The van der Waals surface area contributed by atoms with Gasteiger partial charge in [0.05, 0.1) is 30.5 Å². The van der Waals surface area contributed by atoms with Gasteiger partial charge in [-0.05, 0) is 91.9 Å². The number of piperidine rings is 1. The van der Waals surface area contributed by atoms with E-state index in [0.717, 1.165) is 41.2 Å². The number of nitrogens with one attached hydrogen (secondary N) is 1. The van der Waals surface area contributed by atoms with E-state index < -0.39 is 5.91 Å². The number of likely N-dealkylation sites (tertiary alicyclic amines) is 1. The SMILES string of the molecule is C=Cc1ccccc1[C@@H]1CCCN1C1CC2(CCN(c3ccc(C(N)=O)c(N4c5cc6cc[nH]c6nc5O[C@@H]5COC[C@H]54)c3)CC2)C1. The van der Waals surface area contributed by atoms with E-state index in [0.29, 0.717) is 42.2 Å². The zero-order valence-corrected chi connectivity index (χ0v) is 26.7. The molecular formula is C38H42N6O3. The summed E-state index contributed by atoms with van der Waals surface area (Å²) in [6, 6.07) is 20.1. The molecule has 0 bridgehead atoms. The van der Waals surface area contributed by atoms with Gasteiger partial charge in [-0.2, -0.15) is 4.98 Å². The van der Waals surface area contributed by atoms with Crippen LogP contribution in [0.15, 0.2) is 67.4 Å². The van der Waals surface area contributed by atoms with Gasteiger partial charge in [0.2, 0.25) is 5.88 Å². The van der Waals surface area contributed by atoms with Crippen LogP contribution >= 0.6 is 0 Å². The molecule has 3 saturated heterocycles. The highest BCUT2D eigenvalue weighted by atomic mass is 16.6. The molecule has 9 heteroatoms. The average molecular weight is 631 g/mol. The summed E-state index contributed by atoms with van der Waals surface area (Å²) in [7, 11) is 0. The van der Waals surface area contributed by atoms with Crippen molar-refractivity contribution >= 4 is 40.1 Å². The molecule has 3 atom stereocenters. The van der Waals surface area contributed by atoms with Crippen LogP contribution in [0, 0.1) is 5.41 Å². The number of rotatable bonds is 6. The molecule has 242 valence electrons. The van der Waals surface area contributed by atoms with Crippen molar-refractivity contribution in [2.24, 2.45) is 11.1 Å². The molecule has 0 unspecified atom stereocenters. The summed E-state index contributed by atoms with van der Waals surface area (Å²) in [4.78, 5) is 28.3. The van der Waals surface area contributed by atoms with Crippen LogP contribution in [-0.2, 0) is 4.74 Å². The fourth-order valence-electron chi connectivity index (χ4n) is 9.23. The van der Waals surface area contributed by atoms with Gasteiger partial charge in [-0.15, -0.1) is 0 Å². The molecule has 47 heavy (non-hydrogen) atoms. The van der Waals surface area contributed by atoms with Gasteiger partial charge in [0.25, 0.3) is 5.91 Å². The summed E-state index contributed by atoms with van der Waals surface area (Å²) >= 11 is 0. The minimum atomic E-state index is -0.445. The van der Waals surface area contributed by atoms with E-state index >= 15 is 0 Å². The highest BCUT2D eigenvalue weighted by molar-refractivity contribution is 6.01. The lowest BCUT2D eigenvalue weighted by Crippen LogP contribution is -2.55. The summed E-state index contributed by atoms with van der Waals surface area (Å²) in [6.45, 7) is 8.27. The van der Waals surface area contributed by atoms with Gasteiger partial charge in [0.15, 0.2) is 0 Å². The van der Waals surface area contributed by atoms with Crippen LogP contribution < -0.4 is 20.3 Å². The Balaban J connectivity index is 0.952. The molecule has 4 fully saturated rings. The minimum Gasteiger partial charge on any atom is -0.468 e. The molecule has 3 N–H and O–H groups in total. The van der Waals surface area contributed by atoms with Crippen LogP contribution in [0.25, 0.3) is 17.1 Å². The molecule has 1 amide bonds. The second-order valence-corrected chi connectivity index (χ2v) is 14.2. The normalized spacial score (nSPS) is 25.4. The third-order valence-corrected chi connectivity index (χ3v) is 11.7. The van der Waals surface area contributed by atoms with Gasteiger partial charge in [0.1, 0.15) is 17.4 Å². The summed E-state index contributed by atoms with van der Waals surface area (Å²) in [5.41, 5.74) is 13.2. The average Bonchev–Trinajstić information content (AvgIpc) is 3.86. The van der Waals surface area contributed by atoms with Gasteiger partial charge in [-0.1, -0.05) is 36.9 Å². The van der Waals surface area contributed by atoms with E-state index in [4.69, 9.17) is 20.2 Å². The van der Waals surface area contributed by atoms with Crippen molar-refractivity contribution in [3.63, 3.8) is 0 Å². The molecule has 0 radical (unpaired) electrons. The number of aromatic amines is 1. The van der Waals surface area contributed by atoms with Gasteiger partial charge < -0.3 is 30.0 Å². The lowest BCUT2D eigenvalue weighted by Gasteiger charge is -2.56. The molecule has 2 aromatic heterocycles. The molecule has 2 aromatic carbocycles. The first-order chi connectivity index (χ1) is 23.0. The second-order valence-electron chi connectivity index (χ2n) is 14.2. The Morgan fingerprint density at radius 3 is 2.72 bits per heavy atom. The van der Waals surface area contributed by atoms with Crippen LogP contribution in [-0.4, -0.2) is 71.8 Å². The third kappa shape index (κ3) is 4.73. The predicted octanol–water partition coefficient (Wildman–Crippen LogP) is 6.19. The first kappa shape index (κ1) is 28.8. The number of hydrogen-bond donors (Lipinski definition) is 2. The predicted molar refractivity (Wildman–Crippen MR) is 184 cm³/mol. The van der Waals surface area contributed by atoms with Gasteiger partial charge in [-0.3, -0.25) is 9.69 Å². The summed E-state index contributed by atoms with van der Waals surface area (Å²) in [5.74, 6) is 0.0972. The van der Waals surface area contributed by atoms with Crippen molar-refractivity contribution < 1.29 is 14.3 Å². The van der Waals surface area contributed by atoms with Crippen LogP contribution in [0.1, 0.15) is 66.1 Å². The number of benzene rings is 2. The van der Waals surface area contributed by atoms with E-state index in [1.54, 1.807) is 0 Å². The van der Waals surface area contributed by atoms with Crippen molar-refractivity contribution in [3.05, 3.63) is 84.1 Å². The van der Waals surface area contributed by atoms with Crippen molar-refractivity contribution in [2.45, 2.75) is 62.8 Å². The number of carbonyl (C=O) groups excluding carboxylic acids is 1. The first-order valence-electron chi connectivity index (χ1n) is 17.2. The number of primary amides is 1. The lowest BCUT2D eigenvalue weighted by atomic mass is 9.59. The maximum Gasteiger partial charge on any atom is 0.250 e. The quantitative estimate of drug-likeness (QED) is 0.262. The lowest BCUT2D eigenvalue weighted by molar-refractivity contribution is -0.0226. The minimum absolute atomic E-state index is 0.0848. The molecule has 1 aliphatic carbocycles. The van der Waals surface area contributed by atoms with Gasteiger partial charge in [-0.25, -0.2) is 0 Å². The van der Waals surface area contributed by atoms with E-state index in [9.17, 15) is 4.79 Å². The Hall–Kier alpha value is -4.34. The number of ether oxygens (including phenoxy) is 2. The molecule has 5 aliphatic rings. The maximum absolute atomic E-state index is 12.8. The number of fused-ring (bicyclic) bond motifs is 3. The van der Waals surface area contributed by atoms with Gasteiger partial charge in [0, 0.05) is 42.4 Å². The zero-order chi connectivity index (χ0) is 31.7. The van der Waals surface area contributed by atoms with E-state index in [1.165, 1.54) is 56.2 Å². The molecule has 1 saturated carbocycles. The van der Waals surface area contributed by atoms with E-state index in [-0.39, 0.29) is 12.1 Å². The number of hydrogen-bond acceptors (Lipinski definition) is 7. The number of pyridine rings is 1. The first-order valence-corrected chi connectivity index (χ1v) is 17.2. The molecule has 6 heterocycles. The van der Waals surface area contributed by atoms with E-state index in [2.05, 4.69) is 68.7 Å². The highest BCUT2D eigenvalue weighted by Crippen LogP contribution is 2.54. The van der Waals surface area contributed by atoms with Crippen LogP contribution in [0.5, 0.6) is 5.88 Å². The molecule has 1 spiro atoms. The fraction of sp³-hybridized carbons (Fsp3) is 0.421. The van der Waals surface area contributed by atoms with Crippen LogP contribution in [0.2, 0.25) is 0 Å². The fourth-order valence-corrected chi connectivity index (χ4v) is 9.23. The molecule has 4 aromatic rings. The molecular weight excluding hydrogens is 588 g/mol. The summed E-state index contributed by atoms with van der Waals surface area (Å²) in [6.07, 6.45) is 11.2. The largest absolute Gasteiger partial charge is 0.468 e.